The summed E-state index contributed by atoms with van der Waals surface area (Å²) in [6, 6.07) is 13.5. The molecular weight excluding hydrogens is 394 g/mol. The van der Waals surface area contributed by atoms with E-state index in [1.54, 1.807) is 0 Å². The number of hydrogen-bond donors (Lipinski definition) is 1. The molecule has 2 aromatic carbocycles. The molecular formula is C24H27N3O4. The predicted octanol–water partition coefficient (Wildman–Crippen LogP) is 2.03. The number of fused-ring (bicyclic) bond motifs is 2. The van der Waals surface area contributed by atoms with E-state index >= 15 is 0 Å². The summed E-state index contributed by atoms with van der Waals surface area (Å²) in [6.07, 6.45) is 2.41. The highest BCUT2D eigenvalue weighted by atomic mass is 16.6. The monoisotopic (exact) mass is 421 g/mol. The molecule has 2 amide bonds. The van der Waals surface area contributed by atoms with E-state index < -0.39 is 6.04 Å². The second-order valence-electron chi connectivity index (χ2n) is 8.44. The second kappa shape index (κ2) is 8.23. The molecule has 3 heterocycles. The molecule has 7 nitrogen and oxygen atoms in total. The van der Waals surface area contributed by atoms with Gasteiger partial charge in [0.05, 0.1) is 18.6 Å². The number of rotatable bonds is 4. The molecule has 0 bridgehead atoms. The van der Waals surface area contributed by atoms with Gasteiger partial charge < -0.3 is 20.1 Å². The fourth-order valence-corrected chi connectivity index (χ4v) is 4.97. The van der Waals surface area contributed by atoms with Crippen molar-refractivity contribution in [3.8, 4) is 11.5 Å². The number of primary amides is 1. The smallest absolute Gasteiger partial charge is 0.237 e. The third-order valence-corrected chi connectivity index (χ3v) is 6.54. The van der Waals surface area contributed by atoms with Gasteiger partial charge in [0, 0.05) is 13.1 Å². The van der Waals surface area contributed by atoms with Gasteiger partial charge in [-0.3, -0.25) is 14.5 Å². The largest absolute Gasteiger partial charge is 0.486 e. The first-order valence-electron chi connectivity index (χ1n) is 10.9. The maximum Gasteiger partial charge on any atom is 0.237 e. The topological polar surface area (TPSA) is 85.1 Å². The van der Waals surface area contributed by atoms with Crippen molar-refractivity contribution in [1.29, 1.82) is 0 Å². The molecule has 0 aliphatic carbocycles. The number of benzene rings is 2. The number of carbonyl (C=O) groups is 2. The molecule has 0 aromatic heterocycles. The van der Waals surface area contributed by atoms with Gasteiger partial charge in [-0.1, -0.05) is 30.3 Å². The third-order valence-electron chi connectivity index (χ3n) is 6.54. The summed E-state index contributed by atoms with van der Waals surface area (Å²) in [4.78, 5) is 29.3. The minimum Gasteiger partial charge on any atom is -0.486 e. The van der Waals surface area contributed by atoms with Crippen LogP contribution in [-0.2, 0) is 22.6 Å². The van der Waals surface area contributed by atoms with Crippen LogP contribution in [0, 0.1) is 0 Å². The zero-order valence-electron chi connectivity index (χ0n) is 17.5. The molecule has 31 heavy (non-hydrogen) atoms. The Kier molecular flexibility index (Phi) is 5.28. The van der Waals surface area contributed by atoms with E-state index in [1.807, 2.05) is 46.2 Å². The molecule has 2 N–H and O–H groups in total. The number of nitrogens with zero attached hydrogens (tertiary/aromatic N) is 2. The van der Waals surface area contributed by atoms with Crippen molar-refractivity contribution >= 4 is 11.8 Å². The molecule has 1 saturated heterocycles. The Morgan fingerprint density at radius 3 is 2.61 bits per heavy atom. The van der Waals surface area contributed by atoms with Crippen LogP contribution in [0.2, 0.25) is 0 Å². The van der Waals surface area contributed by atoms with Gasteiger partial charge >= 0.3 is 0 Å². The number of amides is 2. The molecule has 3 aliphatic rings. The van der Waals surface area contributed by atoms with Crippen LogP contribution >= 0.6 is 0 Å². The summed E-state index contributed by atoms with van der Waals surface area (Å²) >= 11 is 0. The first-order chi connectivity index (χ1) is 15.1. The van der Waals surface area contributed by atoms with Crippen molar-refractivity contribution in [2.75, 3.05) is 26.3 Å². The molecule has 0 saturated carbocycles. The van der Waals surface area contributed by atoms with Crippen LogP contribution in [0.4, 0.5) is 0 Å². The third kappa shape index (κ3) is 3.85. The van der Waals surface area contributed by atoms with E-state index in [-0.39, 0.29) is 24.4 Å². The van der Waals surface area contributed by atoms with Crippen molar-refractivity contribution in [3.63, 3.8) is 0 Å². The molecule has 1 unspecified atom stereocenters. The summed E-state index contributed by atoms with van der Waals surface area (Å²) in [6.45, 7) is 2.54. The molecule has 7 heteroatoms. The molecule has 0 radical (unpaired) electrons. The highest BCUT2D eigenvalue weighted by Crippen LogP contribution is 2.38. The summed E-state index contributed by atoms with van der Waals surface area (Å²) < 4.78 is 11.3. The lowest BCUT2D eigenvalue weighted by Crippen LogP contribution is -2.52. The van der Waals surface area contributed by atoms with E-state index in [0.717, 1.165) is 41.0 Å². The highest BCUT2D eigenvalue weighted by molar-refractivity contribution is 5.83. The van der Waals surface area contributed by atoms with Crippen molar-refractivity contribution in [3.05, 3.63) is 59.2 Å². The Bertz CT molecular complexity index is 1010. The van der Waals surface area contributed by atoms with Crippen LogP contribution in [0.1, 0.15) is 35.6 Å². The van der Waals surface area contributed by atoms with Gasteiger partial charge in [-0.25, -0.2) is 0 Å². The van der Waals surface area contributed by atoms with Crippen molar-refractivity contribution in [2.45, 2.75) is 37.9 Å². The Morgan fingerprint density at radius 2 is 1.81 bits per heavy atom. The van der Waals surface area contributed by atoms with Crippen molar-refractivity contribution in [1.82, 2.24) is 9.80 Å². The van der Waals surface area contributed by atoms with Gasteiger partial charge in [0.15, 0.2) is 11.5 Å². The quantitative estimate of drug-likeness (QED) is 0.817. The molecule has 5 rings (SSSR count). The number of carbonyl (C=O) groups excluding carboxylic acids is 2. The maximum absolute atomic E-state index is 13.3. The predicted molar refractivity (Wildman–Crippen MR) is 115 cm³/mol. The minimum atomic E-state index is -0.464. The standard InChI is InChI=1S/C24H27N3O4/c25-24(29)20-12-16-4-1-2-5-18(16)14-26(20)15-23(28)27-9-3-6-19(27)17-7-8-21-22(13-17)31-11-10-30-21/h1-2,4-5,7-8,13,19-20H,3,6,9-12,14-15H2,(H2,25,29)/t19?,20-/m0/s1. The lowest BCUT2D eigenvalue weighted by Gasteiger charge is -2.36. The Labute approximate surface area is 181 Å². The number of ether oxygens (including phenoxy) is 2. The summed E-state index contributed by atoms with van der Waals surface area (Å²) in [5.74, 6) is 1.14. The average Bonchev–Trinajstić information content (AvgIpc) is 3.28. The maximum atomic E-state index is 13.3. The molecule has 162 valence electrons. The molecule has 3 aliphatic heterocycles. The van der Waals surface area contributed by atoms with Crippen LogP contribution in [0.5, 0.6) is 11.5 Å². The zero-order valence-corrected chi connectivity index (χ0v) is 17.5. The molecule has 2 aromatic rings. The van der Waals surface area contributed by atoms with Gasteiger partial charge in [0.1, 0.15) is 13.2 Å². The number of nitrogens with two attached hydrogens (primary N) is 1. The van der Waals surface area contributed by atoms with E-state index in [9.17, 15) is 9.59 Å². The lowest BCUT2D eigenvalue weighted by atomic mass is 9.93. The Balaban J connectivity index is 1.34. The van der Waals surface area contributed by atoms with Crippen LogP contribution in [-0.4, -0.2) is 54.0 Å². The van der Waals surface area contributed by atoms with Gasteiger partial charge in [-0.15, -0.1) is 0 Å². The normalized spacial score (nSPS) is 22.8. The second-order valence-corrected chi connectivity index (χ2v) is 8.44. The van der Waals surface area contributed by atoms with Crippen molar-refractivity contribution in [2.24, 2.45) is 5.73 Å². The molecule has 0 spiro atoms. The first-order valence-corrected chi connectivity index (χ1v) is 10.9. The Hall–Kier alpha value is -3.06. The summed E-state index contributed by atoms with van der Waals surface area (Å²) in [5.41, 5.74) is 9.04. The lowest BCUT2D eigenvalue weighted by molar-refractivity contribution is -0.135. The van der Waals surface area contributed by atoms with Gasteiger partial charge in [0.25, 0.3) is 0 Å². The molecule has 1 fully saturated rings. The molecule has 2 atom stereocenters. The van der Waals surface area contributed by atoms with Crippen LogP contribution < -0.4 is 15.2 Å². The van der Waals surface area contributed by atoms with Crippen molar-refractivity contribution < 1.29 is 19.1 Å². The van der Waals surface area contributed by atoms with Gasteiger partial charge in [0.2, 0.25) is 11.8 Å². The van der Waals surface area contributed by atoms with E-state index in [2.05, 4.69) is 6.07 Å². The Morgan fingerprint density at radius 1 is 1.03 bits per heavy atom. The van der Waals surface area contributed by atoms with Crippen LogP contribution in [0.15, 0.2) is 42.5 Å². The fourth-order valence-electron chi connectivity index (χ4n) is 4.97. The zero-order chi connectivity index (χ0) is 21.4. The minimum absolute atomic E-state index is 0.00688. The summed E-state index contributed by atoms with van der Waals surface area (Å²) in [5, 5.41) is 0. The highest BCUT2D eigenvalue weighted by Gasteiger charge is 2.35. The SMILES string of the molecule is NC(=O)[C@@H]1Cc2ccccc2CN1CC(=O)N1CCCC1c1ccc2c(c1)OCCO2. The number of likely N-dealkylation sites (tertiary alicyclic amines) is 1. The van der Waals surface area contributed by atoms with E-state index in [1.165, 1.54) is 0 Å². The van der Waals surface area contributed by atoms with E-state index in [4.69, 9.17) is 15.2 Å². The fraction of sp³-hybridized carbons (Fsp3) is 0.417. The number of hydrogen-bond acceptors (Lipinski definition) is 5. The first kappa shape index (κ1) is 19.9. The van der Waals surface area contributed by atoms with Gasteiger partial charge in [-0.05, 0) is 48.1 Å². The average molecular weight is 421 g/mol. The van der Waals surface area contributed by atoms with E-state index in [0.29, 0.717) is 32.7 Å². The van der Waals surface area contributed by atoms with Gasteiger partial charge in [-0.2, -0.15) is 0 Å². The van der Waals surface area contributed by atoms with Crippen LogP contribution in [0.25, 0.3) is 0 Å². The van der Waals surface area contributed by atoms with Crippen LogP contribution in [0.3, 0.4) is 0 Å². The summed E-state index contributed by atoms with van der Waals surface area (Å²) in [7, 11) is 0.